The Morgan fingerprint density at radius 1 is 1.32 bits per heavy atom. The van der Waals surface area contributed by atoms with Crippen LogP contribution in [0, 0.1) is 5.92 Å². The lowest BCUT2D eigenvalue weighted by molar-refractivity contribution is -0.185. The second-order valence-electron chi connectivity index (χ2n) is 6.76. The third kappa shape index (κ3) is 4.24. The van der Waals surface area contributed by atoms with Crippen LogP contribution in [0.5, 0.6) is 0 Å². The Morgan fingerprint density at radius 2 is 1.86 bits per heavy atom. The molecular formula is C15H22F3NO3. The summed E-state index contributed by atoms with van der Waals surface area (Å²) in [5, 5.41) is 1.99. The highest BCUT2D eigenvalue weighted by Gasteiger charge is 2.57. The van der Waals surface area contributed by atoms with Crippen molar-refractivity contribution >= 4 is 11.9 Å². The number of alkyl halides is 3. The average molecular weight is 321 g/mol. The number of hydrogen-bond donors (Lipinski definition) is 1. The number of amides is 1. The number of nitrogens with one attached hydrogen (secondary N) is 1. The van der Waals surface area contributed by atoms with Gasteiger partial charge in [0.05, 0.1) is 0 Å². The van der Waals surface area contributed by atoms with Gasteiger partial charge in [0.15, 0.2) is 5.54 Å². The minimum atomic E-state index is -4.68. The first kappa shape index (κ1) is 18.5. The van der Waals surface area contributed by atoms with E-state index in [0.29, 0.717) is 0 Å². The van der Waals surface area contributed by atoms with Crippen molar-refractivity contribution in [1.82, 2.24) is 5.32 Å². The zero-order valence-corrected chi connectivity index (χ0v) is 13.4. The summed E-state index contributed by atoms with van der Waals surface area (Å²) in [6.07, 6.45) is -4.78. The molecule has 0 radical (unpaired) electrons. The van der Waals surface area contributed by atoms with E-state index in [1.807, 2.05) is 5.32 Å². The van der Waals surface area contributed by atoms with E-state index in [1.165, 1.54) is 0 Å². The molecule has 4 nitrogen and oxygen atoms in total. The highest BCUT2D eigenvalue weighted by molar-refractivity contribution is 5.97. The summed E-state index contributed by atoms with van der Waals surface area (Å²) in [5.41, 5.74) is -3.18. The molecule has 0 saturated heterocycles. The topological polar surface area (TPSA) is 55.4 Å². The standard InChI is InChI=1S/C15H22F3NO3/c1-9(2)10-8-14(15(16,17)18,19-12(10)21)7-6-11(20)22-13(3,4)5/h8-9H,6-7H2,1-5H3,(H,19,21). The van der Waals surface area contributed by atoms with Gasteiger partial charge in [0.2, 0.25) is 5.91 Å². The monoisotopic (exact) mass is 321 g/mol. The van der Waals surface area contributed by atoms with Gasteiger partial charge in [-0.1, -0.05) is 13.8 Å². The molecule has 0 spiro atoms. The van der Waals surface area contributed by atoms with E-state index in [2.05, 4.69) is 0 Å². The largest absolute Gasteiger partial charge is 0.460 e. The lowest BCUT2D eigenvalue weighted by Gasteiger charge is -2.30. The molecule has 1 aliphatic rings. The average Bonchev–Trinajstić information content (AvgIpc) is 2.62. The van der Waals surface area contributed by atoms with Crippen molar-refractivity contribution in [2.45, 2.75) is 64.8 Å². The molecular weight excluding hydrogens is 299 g/mol. The number of halogens is 3. The van der Waals surface area contributed by atoms with Gasteiger partial charge in [0.1, 0.15) is 5.60 Å². The molecule has 0 fully saturated rings. The van der Waals surface area contributed by atoms with Gasteiger partial charge in [-0.05, 0) is 39.2 Å². The smallest absolute Gasteiger partial charge is 0.415 e. The predicted molar refractivity (Wildman–Crippen MR) is 74.9 cm³/mol. The lowest BCUT2D eigenvalue weighted by atomic mass is 9.91. The van der Waals surface area contributed by atoms with Crippen LogP contribution in [0.15, 0.2) is 11.6 Å². The Morgan fingerprint density at radius 3 is 2.23 bits per heavy atom. The van der Waals surface area contributed by atoms with Crippen LogP contribution in [0.4, 0.5) is 13.2 Å². The summed E-state index contributed by atoms with van der Waals surface area (Å²) in [5.74, 6) is -1.79. The Bertz CT molecular complexity index is 489. The second-order valence-corrected chi connectivity index (χ2v) is 6.76. The van der Waals surface area contributed by atoms with Crippen molar-refractivity contribution in [1.29, 1.82) is 0 Å². The predicted octanol–water partition coefficient (Wildman–Crippen LogP) is 3.12. The summed E-state index contributed by atoms with van der Waals surface area (Å²) < 4.78 is 45.2. The second kappa shape index (κ2) is 5.93. The maximum absolute atomic E-state index is 13.4. The number of esters is 1. The van der Waals surface area contributed by atoms with Crippen LogP contribution in [0.2, 0.25) is 0 Å². The molecule has 22 heavy (non-hydrogen) atoms. The van der Waals surface area contributed by atoms with Crippen molar-refractivity contribution < 1.29 is 27.5 Å². The van der Waals surface area contributed by atoms with E-state index in [9.17, 15) is 22.8 Å². The third-order valence-corrected chi connectivity index (χ3v) is 3.27. The molecule has 0 aromatic heterocycles. The summed E-state index contributed by atoms with van der Waals surface area (Å²) >= 11 is 0. The highest BCUT2D eigenvalue weighted by Crippen LogP contribution is 2.40. The number of carbonyl (C=O) groups excluding carboxylic acids is 2. The molecule has 1 heterocycles. The van der Waals surface area contributed by atoms with Crippen LogP contribution in [-0.2, 0) is 14.3 Å². The molecule has 1 N–H and O–H groups in total. The van der Waals surface area contributed by atoms with E-state index in [4.69, 9.17) is 4.74 Å². The fourth-order valence-corrected chi connectivity index (χ4v) is 2.19. The number of hydrogen-bond acceptors (Lipinski definition) is 3. The molecule has 0 aromatic carbocycles. The SMILES string of the molecule is CC(C)C1=CC(CCC(=O)OC(C)(C)C)(C(F)(F)F)NC1=O. The molecule has 0 aromatic rings. The zero-order valence-electron chi connectivity index (χ0n) is 13.4. The molecule has 1 unspecified atom stereocenters. The zero-order chi connectivity index (χ0) is 17.3. The molecule has 1 aliphatic heterocycles. The van der Waals surface area contributed by atoms with Crippen LogP contribution in [-0.4, -0.2) is 29.2 Å². The summed E-state index contributed by atoms with van der Waals surface area (Å²) in [6, 6.07) is 0. The highest BCUT2D eigenvalue weighted by atomic mass is 19.4. The molecule has 1 atom stereocenters. The number of carbonyl (C=O) groups is 2. The molecule has 0 bridgehead atoms. The van der Waals surface area contributed by atoms with Crippen LogP contribution < -0.4 is 5.32 Å². The minimum absolute atomic E-state index is 0.0847. The van der Waals surface area contributed by atoms with Crippen molar-refractivity contribution in [3.63, 3.8) is 0 Å². The minimum Gasteiger partial charge on any atom is -0.460 e. The lowest BCUT2D eigenvalue weighted by Crippen LogP contribution is -2.54. The van der Waals surface area contributed by atoms with Crippen molar-refractivity contribution in [2.24, 2.45) is 5.92 Å². The number of rotatable bonds is 4. The molecule has 1 rings (SSSR count). The summed E-state index contributed by atoms with van der Waals surface area (Å²) in [6.45, 7) is 8.20. The van der Waals surface area contributed by atoms with Crippen LogP contribution in [0.1, 0.15) is 47.5 Å². The van der Waals surface area contributed by atoms with Crippen molar-refractivity contribution in [2.75, 3.05) is 0 Å². The van der Waals surface area contributed by atoms with Gasteiger partial charge in [-0.3, -0.25) is 9.59 Å². The Kier molecular flexibility index (Phi) is 4.99. The van der Waals surface area contributed by atoms with Gasteiger partial charge in [-0.2, -0.15) is 13.2 Å². The summed E-state index contributed by atoms with van der Waals surface area (Å²) in [4.78, 5) is 23.4. The van der Waals surface area contributed by atoms with Crippen molar-refractivity contribution in [3.8, 4) is 0 Å². The molecule has 126 valence electrons. The van der Waals surface area contributed by atoms with E-state index in [1.54, 1.807) is 34.6 Å². The summed E-state index contributed by atoms with van der Waals surface area (Å²) in [7, 11) is 0. The van der Waals surface area contributed by atoms with Gasteiger partial charge in [-0.25, -0.2) is 0 Å². The molecule has 7 heteroatoms. The van der Waals surface area contributed by atoms with Gasteiger partial charge in [0, 0.05) is 12.0 Å². The van der Waals surface area contributed by atoms with Crippen molar-refractivity contribution in [3.05, 3.63) is 11.6 Å². The van der Waals surface area contributed by atoms with Crippen LogP contribution in [0.3, 0.4) is 0 Å². The van der Waals surface area contributed by atoms with Gasteiger partial charge in [0.25, 0.3) is 0 Å². The quantitative estimate of drug-likeness (QED) is 0.810. The fraction of sp³-hybridized carbons (Fsp3) is 0.733. The molecule has 0 saturated carbocycles. The molecule has 1 amide bonds. The van der Waals surface area contributed by atoms with E-state index in [-0.39, 0.29) is 11.5 Å². The first-order chi connectivity index (χ1) is 9.77. The Hall–Kier alpha value is -1.53. The van der Waals surface area contributed by atoms with E-state index in [0.717, 1.165) is 6.08 Å². The Labute approximate surface area is 128 Å². The first-order valence-electron chi connectivity index (χ1n) is 7.11. The number of ether oxygens (including phenoxy) is 1. The Balaban J connectivity index is 2.94. The third-order valence-electron chi connectivity index (χ3n) is 3.27. The van der Waals surface area contributed by atoms with E-state index >= 15 is 0 Å². The van der Waals surface area contributed by atoms with E-state index < -0.39 is 42.0 Å². The maximum atomic E-state index is 13.4. The first-order valence-corrected chi connectivity index (χ1v) is 7.11. The molecule has 0 aliphatic carbocycles. The van der Waals surface area contributed by atoms with Gasteiger partial charge < -0.3 is 10.1 Å². The fourth-order valence-electron chi connectivity index (χ4n) is 2.19. The van der Waals surface area contributed by atoms with Gasteiger partial charge >= 0.3 is 12.1 Å². The van der Waals surface area contributed by atoms with Gasteiger partial charge in [-0.15, -0.1) is 0 Å². The maximum Gasteiger partial charge on any atom is 0.415 e. The van der Waals surface area contributed by atoms with Crippen LogP contribution in [0.25, 0.3) is 0 Å². The van der Waals surface area contributed by atoms with Crippen LogP contribution >= 0.6 is 0 Å². The normalized spacial score (nSPS) is 22.6.